The molecule has 0 bridgehead atoms. The van der Waals surface area contributed by atoms with Crippen LogP contribution in [-0.2, 0) is 0 Å². The first-order chi connectivity index (χ1) is 10.3. The number of hydrogen-bond acceptors (Lipinski definition) is 5. The number of carbonyl (C=O) groups is 1. The van der Waals surface area contributed by atoms with Crippen molar-refractivity contribution in [2.75, 3.05) is 19.6 Å². The highest BCUT2D eigenvalue weighted by Gasteiger charge is 2.38. The molecular formula is C15H24N4OS. The number of hydrogen-bond donors (Lipinski definition) is 1. The first-order valence-corrected chi connectivity index (χ1v) is 8.88. The lowest BCUT2D eigenvalue weighted by molar-refractivity contribution is 0.0327. The van der Waals surface area contributed by atoms with Gasteiger partial charge in [-0.15, -0.1) is 5.10 Å². The van der Waals surface area contributed by atoms with E-state index in [1.165, 1.54) is 76.0 Å². The van der Waals surface area contributed by atoms with E-state index < -0.39 is 0 Å². The predicted molar refractivity (Wildman–Crippen MR) is 83.5 cm³/mol. The Morgan fingerprint density at radius 2 is 1.90 bits per heavy atom. The molecule has 1 aliphatic heterocycles. The number of nitrogens with zero attached hydrogens (tertiary/aromatic N) is 3. The average molecular weight is 308 g/mol. The molecule has 21 heavy (non-hydrogen) atoms. The van der Waals surface area contributed by atoms with Gasteiger partial charge in [0, 0.05) is 12.1 Å². The molecule has 1 saturated carbocycles. The van der Waals surface area contributed by atoms with Gasteiger partial charge in [0.05, 0.1) is 6.20 Å². The standard InChI is InChI=1S/C15H24N4OS/c20-14(13-11-17-18-21-13)16-12-15(7-3-1-4-8-15)19-9-5-2-6-10-19/h11H,1-10,12H2,(H,16,20). The minimum atomic E-state index is -0.0213. The van der Waals surface area contributed by atoms with Crippen LogP contribution in [-0.4, -0.2) is 45.6 Å². The topological polar surface area (TPSA) is 58.1 Å². The normalized spacial score (nSPS) is 22.9. The van der Waals surface area contributed by atoms with E-state index in [0.717, 1.165) is 6.54 Å². The Labute approximate surface area is 130 Å². The summed E-state index contributed by atoms with van der Waals surface area (Å²) in [6.45, 7) is 3.15. The molecule has 1 aromatic rings. The van der Waals surface area contributed by atoms with Gasteiger partial charge in [-0.05, 0) is 50.3 Å². The summed E-state index contributed by atoms with van der Waals surface area (Å²) in [5.41, 5.74) is 0.187. The first-order valence-electron chi connectivity index (χ1n) is 8.11. The summed E-state index contributed by atoms with van der Waals surface area (Å²) >= 11 is 1.17. The van der Waals surface area contributed by atoms with E-state index in [2.05, 4.69) is 19.8 Å². The van der Waals surface area contributed by atoms with Gasteiger partial charge in [-0.2, -0.15) is 0 Å². The maximum atomic E-state index is 12.2. The van der Waals surface area contributed by atoms with E-state index in [9.17, 15) is 4.79 Å². The van der Waals surface area contributed by atoms with Crippen molar-refractivity contribution in [1.29, 1.82) is 0 Å². The highest BCUT2D eigenvalue weighted by molar-refractivity contribution is 7.07. The van der Waals surface area contributed by atoms with E-state index in [1.54, 1.807) is 6.20 Å². The maximum absolute atomic E-state index is 12.2. The van der Waals surface area contributed by atoms with Crippen molar-refractivity contribution in [3.63, 3.8) is 0 Å². The van der Waals surface area contributed by atoms with Gasteiger partial charge in [0.1, 0.15) is 4.88 Å². The number of rotatable bonds is 4. The Morgan fingerprint density at radius 3 is 2.57 bits per heavy atom. The summed E-state index contributed by atoms with van der Waals surface area (Å²) in [4.78, 5) is 15.4. The molecule has 2 heterocycles. The Morgan fingerprint density at radius 1 is 1.19 bits per heavy atom. The van der Waals surface area contributed by atoms with Crippen molar-refractivity contribution in [1.82, 2.24) is 19.8 Å². The van der Waals surface area contributed by atoms with Gasteiger partial charge < -0.3 is 5.32 Å². The Kier molecular flexibility index (Phi) is 4.85. The maximum Gasteiger partial charge on any atom is 0.264 e. The SMILES string of the molecule is O=C(NCC1(N2CCCCC2)CCCCC1)c1cnns1. The van der Waals surface area contributed by atoms with Crippen LogP contribution in [0.4, 0.5) is 0 Å². The number of aromatic nitrogens is 2. The van der Waals surface area contributed by atoms with E-state index in [4.69, 9.17) is 0 Å². The van der Waals surface area contributed by atoms with Crippen LogP contribution in [0.25, 0.3) is 0 Å². The van der Waals surface area contributed by atoms with Crippen molar-refractivity contribution in [2.45, 2.75) is 56.9 Å². The number of amides is 1. The molecule has 2 fully saturated rings. The molecule has 0 atom stereocenters. The molecule has 116 valence electrons. The average Bonchev–Trinajstić information content (AvgIpc) is 3.09. The molecule has 1 aliphatic carbocycles. The molecule has 0 radical (unpaired) electrons. The van der Waals surface area contributed by atoms with Gasteiger partial charge in [-0.3, -0.25) is 9.69 Å². The van der Waals surface area contributed by atoms with Gasteiger partial charge >= 0.3 is 0 Å². The molecule has 1 saturated heterocycles. The zero-order chi connectivity index (χ0) is 14.5. The van der Waals surface area contributed by atoms with Gasteiger partial charge in [0.25, 0.3) is 5.91 Å². The van der Waals surface area contributed by atoms with Crippen molar-refractivity contribution >= 4 is 17.4 Å². The summed E-state index contributed by atoms with van der Waals surface area (Å²) in [5, 5.41) is 6.89. The van der Waals surface area contributed by atoms with E-state index in [1.807, 2.05) is 0 Å². The smallest absolute Gasteiger partial charge is 0.264 e. The molecule has 0 unspecified atom stereocenters. The Balaban J connectivity index is 1.65. The molecule has 1 N–H and O–H groups in total. The van der Waals surface area contributed by atoms with Crippen LogP contribution in [0.5, 0.6) is 0 Å². The Hall–Kier alpha value is -1.01. The van der Waals surface area contributed by atoms with E-state index in [0.29, 0.717) is 4.88 Å². The molecular weight excluding hydrogens is 284 g/mol. The van der Waals surface area contributed by atoms with Crippen LogP contribution in [0.2, 0.25) is 0 Å². The van der Waals surface area contributed by atoms with Crippen LogP contribution >= 0.6 is 11.5 Å². The highest BCUT2D eigenvalue weighted by atomic mass is 32.1. The summed E-state index contributed by atoms with van der Waals surface area (Å²) in [5.74, 6) is -0.0213. The Bertz CT molecular complexity index is 450. The van der Waals surface area contributed by atoms with E-state index >= 15 is 0 Å². The molecule has 2 aliphatic rings. The highest BCUT2D eigenvalue weighted by Crippen LogP contribution is 2.35. The van der Waals surface area contributed by atoms with Crippen LogP contribution in [0.1, 0.15) is 61.0 Å². The number of carbonyl (C=O) groups excluding carboxylic acids is 1. The number of likely N-dealkylation sites (tertiary alicyclic amines) is 1. The third kappa shape index (κ3) is 3.43. The monoisotopic (exact) mass is 308 g/mol. The van der Waals surface area contributed by atoms with Crippen molar-refractivity contribution in [2.24, 2.45) is 0 Å². The second-order valence-corrected chi connectivity index (χ2v) is 7.08. The molecule has 3 rings (SSSR count). The number of nitrogens with one attached hydrogen (secondary N) is 1. The summed E-state index contributed by atoms with van der Waals surface area (Å²) in [6, 6.07) is 0. The molecule has 1 aromatic heterocycles. The van der Waals surface area contributed by atoms with Gasteiger partial charge in [0.15, 0.2) is 0 Å². The van der Waals surface area contributed by atoms with Crippen molar-refractivity contribution in [3.05, 3.63) is 11.1 Å². The second kappa shape index (κ2) is 6.83. The minimum Gasteiger partial charge on any atom is -0.349 e. The fourth-order valence-corrected chi connectivity index (χ4v) is 4.21. The zero-order valence-corrected chi connectivity index (χ0v) is 13.3. The number of piperidine rings is 1. The third-order valence-electron chi connectivity index (χ3n) is 4.97. The molecule has 0 aromatic carbocycles. The first kappa shape index (κ1) is 14.9. The van der Waals surface area contributed by atoms with Gasteiger partial charge in [-0.25, -0.2) is 0 Å². The summed E-state index contributed by atoms with van der Waals surface area (Å²) in [6.07, 6.45) is 11.8. The summed E-state index contributed by atoms with van der Waals surface area (Å²) < 4.78 is 3.77. The summed E-state index contributed by atoms with van der Waals surface area (Å²) in [7, 11) is 0. The fourth-order valence-electron chi connectivity index (χ4n) is 3.78. The molecule has 5 nitrogen and oxygen atoms in total. The fraction of sp³-hybridized carbons (Fsp3) is 0.800. The molecule has 0 spiro atoms. The third-order valence-corrected chi connectivity index (χ3v) is 5.64. The van der Waals surface area contributed by atoms with E-state index in [-0.39, 0.29) is 11.4 Å². The van der Waals surface area contributed by atoms with Gasteiger partial charge in [-0.1, -0.05) is 30.2 Å². The minimum absolute atomic E-state index is 0.0213. The predicted octanol–water partition coefficient (Wildman–Crippen LogP) is 2.46. The largest absolute Gasteiger partial charge is 0.349 e. The van der Waals surface area contributed by atoms with Crippen molar-refractivity contribution in [3.8, 4) is 0 Å². The quantitative estimate of drug-likeness (QED) is 0.928. The lowest BCUT2D eigenvalue weighted by Crippen LogP contribution is -2.58. The van der Waals surface area contributed by atoms with Crippen LogP contribution in [0.3, 0.4) is 0 Å². The van der Waals surface area contributed by atoms with Crippen LogP contribution in [0.15, 0.2) is 6.20 Å². The lowest BCUT2D eigenvalue weighted by atomic mass is 9.79. The van der Waals surface area contributed by atoms with Gasteiger partial charge in [0.2, 0.25) is 0 Å². The molecule has 6 heteroatoms. The van der Waals surface area contributed by atoms with Crippen molar-refractivity contribution < 1.29 is 4.79 Å². The van der Waals surface area contributed by atoms with Crippen LogP contribution in [0, 0.1) is 0 Å². The zero-order valence-electron chi connectivity index (χ0n) is 12.5. The van der Waals surface area contributed by atoms with Crippen LogP contribution < -0.4 is 5.32 Å². The molecule has 1 amide bonds. The second-order valence-electron chi connectivity index (χ2n) is 6.30. The lowest BCUT2D eigenvalue weighted by Gasteiger charge is -2.48.